The summed E-state index contributed by atoms with van der Waals surface area (Å²) in [6.07, 6.45) is 0.914. The number of nitrogens with one attached hydrogen (secondary N) is 1. The zero-order chi connectivity index (χ0) is 18.1. The second-order valence-corrected chi connectivity index (χ2v) is 6.32. The van der Waals surface area contributed by atoms with Gasteiger partial charge in [-0.25, -0.2) is 0 Å². The van der Waals surface area contributed by atoms with E-state index < -0.39 is 0 Å². The third kappa shape index (κ3) is 6.21. The summed E-state index contributed by atoms with van der Waals surface area (Å²) >= 11 is 5.91. The third-order valence-electron chi connectivity index (χ3n) is 4.07. The van der Waals surface area contributed by atoms with E-state index in [-0.39, 0.29) is 5.91 Å². The first-order valence-electron chi connectivity index (χ1n) is 8.69. The van der Waals surface area contributed by atoms with E-state index in [2.05, 4.69) is 10.3 Å². The smallest absolute Gasteiger partial charge is 0.242 e. The van der Waals surface area contributed by atoms with Crippen molar-refractivity contribution < 1.29 is 9.53 Å². The van der Waals surface area contributed by atoms with Crippen LogP contribution in [-0.2, 0) is 16.1 Å². The Balaban J connectivity index is 1.81. The first kappa shape index (κ1) is 19.5. The predicted octanol–water partition coefficient (Wildman–Crippen LogP) is 1.99. The SMILES string of the molecule is CCOCCCNC(=NC)N1CCN(Cc2ccc(Cl)cc2)C(=O)C1. The van der Waals surface area contributed by atoms with Gasteiger partial charge in [0.25, 0.3) is 0 Å². The molecule has 1 fully saturated rings. The number of nitrogens with zero attached hydrogens (tertiary/aromatic N) is 3. The summed E-state index contributed by atoms with van der Waals surface area (Å²) in [4.78, 5) is 20.6. The Hall–Kier alpha value is -1.79. The second-order valence-electron chi connectivity index (χ2n) is 5.89. The molecule has 1 aromatic carbocycles. The topological polar surface area (TPSA) is 57.2 Å². The Morgan fingerprint density at radius 3 is 2.72 bits per heavy atom. The summed E-state index contributed by atoms with van der Waals surface area (Å²) in [7, 11) is 1.75. The van der Waals surface area contributed by atoms with Gasteiger partial charge in [-0.1, -0.05) is 23.7 Å². The molecule has 6 nitrogen and oxygen atoms in total. The number of hydrogen-bond donors (Lipinski definition) is 1. The van der Waals surface area contributed by atoms with E-state index in [9.17, 15) is 4.79 Å². The molecule has 0 atom stereocenters. The highest BCUT2D eigenvalue weighted by molar-refractivity contribution is 6.30. The molecule has 0 bridgehead atoms. The van der Waals surface area contributed by atoms with Crippen LogP contribution in [0.25, 0.3) is 0 Å². The van der Waals surface area contributed by atoms with Gasteiger partial charge in [-0.3, -0.25) is 9.79 Å². The molecule has 1 aliphatic heterocycles. The summed E-state index contributed by atoms with van der Waals surface area (Å²) in [6, 6.07) is 7.62. The number of carbonyl (C=O) groups excluding carboxylic acids is 1. The van der Waals surface area contributed by atoms with Gasteiger partial charge in [-0.2, -0.15) is 0 Å². The van der Waals surface area contributed by atoms with Gasteiger partial charge >= 0.3 is 0 Å². The standard InChI is InChI=1S/C18H27ClN4O2/c1-3-25-12-4-9-21-18(20-2)23-11-10-22(17(24)14-23)13-15-5-7-16(19)8-6-15/h5-8H,3-4,9-14H2,1-2H3,(H,20,21). The van der Waals surface area contributed by atoms with Crippen molar-refractivity contribution in [2.75, 3.05) is 46.4 Å². The molecule has 138 valence electrons. The van der Waals surface area contributed by atoms with Gasteiger partial charge in [0.2, 0.25) is 5.91 Å². The lowest BCUT2D eigenvalue weighted by Gasteiger charge is -2.36. The fourth-order valence-corrected chi connectivity index (χ4v) is 2.84. The van der Waals surface area contributed by atoms with E-state index in [1.165, 1.54) is 0 Å². The van der Waals surface area contributed by atoms with Gasteiger partial charge in [0.15, 0.2) is 5.96 Å². The van der Waals surface area contributed by atoms with Crippen LogP contribution in [0.5, 0.6) is 0 Å². The molecular weight excluding hydrogens is 340 g/mol. The quantitative estimate of drug-likeness (QED) is 0.455. The number of amides is 1. The molecule has 0 saturated carbocycles. The minimum atomic E-state index is 0.110. The number of halogens is 1. The molecule has 1 aliphatic rings. The van der Waals surface area contributed by atoms with E-state index in [1.807, 2.05) is 41.0 Å². The maximum Gasteiger partial charge on any atom is 0.242 e. The Kier molecular flexibility index (Phi) is 8.01. The third-order valence-corrected chi connectivity index (χ3v) is 4.32. The first-order valence-corrected chi connectivity index (χ1v) is 9.07. The highest BCUT2D eigenvalue weighted by Gasteiger charge is 2.25. The van der Waals surface area contributed by atoms with E-state index in [0.717, 1.165) is 44.2 Å². The Bertz CT molecular complexity index is 577. The van der Waals surface area contributed by atoms with Crippen LogP contribution in [0.4, 0.5) is 0 Å². The molecule has 0 aliphatic carbocycles. The Morgan fingerprint density at radius 2 is 2.08 bits per heavy atom. The first-order chi connectivity index (χ1) is 12.1. The summed E-state index contributed by atoms with van der Waals surface area (Å²) in [5, 5.41) is 4.01. The van der Waals surface area contributed by atoms with E-state index >= 15 is 0 Å². The monoisotopic (exact) mass is 366 g/mol. The summed E-state index contributed by atoms with van der Waals surface area (Å²) < 4.78 is 5.33. The number of ether oxygens (including phenoxy) is 1. The fourth-order valence-electron chi connectivity index (χ4n) is 2.72. The Morgan fingerprint density at radius 1 is 1.32 bits per heavy atom. The Labute approximate surface area is 154 Å². The van der Waals surface area contributed by atoms with Crippen LogP contribution in [0.15, 0.2) is 29.3 Å². The van der Waals surface area contributed by atoms with Crippen LogP contribution >= 0.6 is 11.6 Å². The molecule has 1 aromatic rings. The lowest BCUT2D eigenvalue weighted by Crippen LogP contribution is -2.55. The normalized spacial score (nSPS) is 15.6. The number of benzene rings is 1. The van der Waals surface area contributed by atoms with E-state index in [0.29, 0.717) is 24.7 Å². The van der Waals surface area contributed by atoms with Crippen molar-refractivity contribution in [1.82, 2.24) is 15.1 Å². The number of carbonyl (C=O) groups is 1. The second kappa shape index (κ2) is 10.3. The zero-order valence-electron chi connectivity index (χ0n) is 15.0. The zero-order valence-corrected chi connectivity index (χ0v) is 15.8. The predicted molar refractivity (Wildman–Crippen MR) is 101 cm³/mol. The molecule has 0 radical (unpaired) electrons. The molecule has 1 saturated heterocycles. The minimum Gasteiger partial charge on any atom is -0.382 e. The molecule has 25 heavy (non-hydrogen) atoms. The van der Waals surface area contributed by atoms with Crippen molar-refractivity contribution in [1.29, 1.82) is 0 Å². The van der Waals surface area contributed by atoms with Crippen molar-refractivity contribution in [3.05, 3.63) is 34.9 Å². The summed E-state index contributed by atoms with van der Waals surface area (Å²) in [5.74, 6) is 0.884. The average molecular weight is 367 g/mol. The van der Waals surface area contributed by atoms with Gasteiger partial charge in [-0.05, 0) is 31.0 Å². The van der Waals surface area contributed by atoms with E-state index in [4.69, 9.17) is 16.3 Å². The summed E-state index contributed by atoms with van der Waals surface area (Å²) in [6.45, 7) is 6.65. The molecule has 1 N–H and O–H groups in total. The van der Waals surface area contributed by atoms with Crippen LogP contribution in [-0.4, -0.2) is 68.1 Å². The number of aliphatic imine (C=N–C) groups is 1. The van der Waals surface area contributed by atoms with Crippen molar-refractivity contribution in [2.45, 2.75) is 19.9 Å². The molecule has 2 rings (SSSR count). The van der Waals surface area contributed by atoms with Gasteiger partial charge in [0, 0.05) is 51.5 Å². The molecule has 0 unspecified atom stereocenters. The number of guanidine groups is 1. The van der Waals surface area contributed by atoms with Crippen molar-refractivity contribution in [3.63, 3.8) is 0 Å². The number of piperazine rings is 1. The molecule has 0 aromatic heterocycles. The lowest BCUT2D eigenvalue weighted by atomic mass is 10.2. The summed E-state index contributed by atoms with van der Waals surface area (Å²) in [5.41, 5.74) is 1.09. The van der Waals surface area contributed by atoms with Crippen molar-refractivity contribution in [2.24, 2.45) is 4.99 Å². The number of rotatable bonds is 7. The van der Waals surface area contributed by atoms with Crippen LogP contribution in [0, 0.1) is 0 Å². The molecular formula is C18H27ClN4O2. The van der Waals surface area contributed by atoms with Crippen LogP contribution in [0.3, 0.4) is 0 Å². The fraction of sp³-hybridized carbons (Fsp3) is 0.556. The van der Waals surface area contributed by atoms with Gasteiger partial charge in [-0.15, -0.1) is 0 Å². The van der Waals surface area contributed by atoms with E-state index in [1.54, 1.807) is 7.05 Å². The highest BCUT2D eigenvalue weighted by atomic mass is 35.5. The van der Waals surface area contributed by atoms with Crippen LogP contribution in [0.2, 0.25) is 5.02 Å². The largest absolute Gasteiger partial charge is 0.382 e. The number of hydrogen-bond acceptors (Lipinski definition) is 3. The maximum atomic E-state index is 12.5. The van der Waals surface area contributed by atoms with Gasteiger partial charge in [0.05, 0.1) is 6.54 Å². The molecule has 1 heterocycles. The van der Waals surface area contributed by atoms with Crippen molar-refractivity contribution in [3.8, 4) is 0 Å². The molecule has 0 spiro atoms. The minimum absolute atomic E-state index is 0.110. The molecule has 7 heteroatoms. The van der Waals surface area contributed by atoms with Gasteiger partial charge < -0.3 is 19.9 Å². The van der Waals surface area contributed by atoms with Crippen LogP contribution in [0.1, 0.15) is 18.9 Å². The lowest BCUT2D eigenvalue weighted by molar-refractivity contribution is -0.135. The van der Waals surface area contributed by atoms with Gasteiger partial charge in [0.1, 0.15) is 0 Å². The maximum absolute atomic E-state index is 12.5. The van der Waals surface area contributed by atoms with Crippen LogP contribution < -0.4 is 5.32 Å². The average Bonchev–Trinajstić information content (AvgIpc) is 2.62. The molecule has 1 amide bonds. The van der Waals surface area contributed by atoms with Crippen molar-refractivity contribution >= 4 is 23.5 Å². The highest BCUT2D eigenvalue weighted by Crippen LogP contribution is 2.13.